The number of hydrogen-bond acceptors (Lipinski definition) is 4. The molecule has 1 aliphatic rings. The van der Waals surface area contributed by atoms with E-state index in [0.717, 1.165) is 37.6 Å². The minimum absolute atomic E-state index is 0.714. The number of anilines is 1. The first kappa shape index (κ1) is 15.0. The van der Waals surface area contributed by atoms with Crippen LogP contribution >= 0.6 is 0 Å². The summed E-state index contributed by atoms with van der Waals surface area (Å²) in [6.45, 7) is 8.30. The van der Waals surface area contributed by atoms with Crippen molar-refractivity contribution in [1.82, 2.24) is 15.3 Å². The number of aryl methyl sites for hydroxylation is 2. The first-order chi connectivity index (χ1) is 10.7. The maximum Gasteiger partial charge on any atom is 0.125 e. The molecular weight excluding hydrogens is 272 g/mol. The van der Waals surface area contributed by atoms with Crippen molar-refractivity contribution in [2.24, 2.45) is 5.92 Å². The lowest BCUT2D eigenvalue weighted by molar-refractivity contribution is 0.516. The minimum atomic E-state index is 0.714. The highest BCUT2D eigenvalue weighted by Crippen LogP contribution is 2.26. The molecule has 2 aromatic rings. The summed E-state index contributed by atoms with van der Waals surface area (Å²) in [5.41, 5.74) is 3.91. The Morgan fingerprint density at radius 3 is 2.73 bits per heavy atom. The lowest BCUT2D eigenvalue weighted by Gasteiger charge is -2.21. The van der Waals surface area contributed by atoms with E-state index in [9.17, 15) is 0 Å². The van der Waals surface area contributed by atoms with E-state index >= 15 is 0 Å². The van der Waals surface area contributed by atoms with Crippen LogP contribution in [0, 0.1) is 19.8 Å². The molecule has 1 N–H and O–H groups in total. The molecule has 1 aromatic carbocycles. The first-order valence-corrected chi connectivity index (χ1v) is 8.01. The van der Waals surface area contributed by atoms with Gasteiger partial charge in [-0.3, -0.25) is 0 Å². The number of benzene rings is 1. The summed E-state index contributed by atoms with van der Waals surface area (Å²) in [4.78, 5) is 11.0. The van der Waals surface area contributed by atoms with Crippen molar-refractivity contribution in [3.63, 3.8) is 0 Å². The number of rotatable bonds is 5. The Morgan fingerprint density at radius 2 is 1.95 bits per heavy atom. The molecule has 0 aliphatic carbocycles. The number of hydrogen-bond donors (Lipinski definition) is 1. The van der Waals surface area contributed by atoms with Gasteiger partial charge in [-0.1, -0.05) is 18.2 Å². The molecule has 0 bridgehead atoms. The fourth-order valence-corrected chi connectivity index (χ4v) is 3.07. The molecule has 3 rings (SSSR count). The van der Waals surface area contributed by atoms with Crippen molar-refractivity contribution in [3.05, 3.63) is 53.6 Å². The van der Waals surface area contributed by atoms with Crippen molar-refractivity contribution < 1.29 is 0 Å². The number of nitrogens with zero attached hydrogens (tertiary/aromatic N) is 3. The molecular formula is C18H24N4. The van der Waals surface area contributed by atoms with Crippen LogP contribution in [-0.4, -0.2) is 29.6 Å². The third-order valence-electron chi connectivity index (χ3n) is 4.34. The number of para-hydroxylation sites is 1. The fraction of sp³-hybridized carbons (Fsp3) is 0.444. The quantitative estimate of drug-likeness (QED) is 0.921. The molecule has 1 fully saturated rings. The van der Waals surface area contributed by atoms with Crippen LogP contribution in [0.4, 0.5) is 5.69 Å². The van der Waals surface area contributed by atoms with Crippen molar-refractivity contribution >= 4 is 5.69 Å². The van der Waals surface area contributed by atoms with Gasteiger partial charge in [-0.25, -0.2) is 9.97 Å². The van der Waals surface area contributed by atoms with Crippen LogP contribution in [-0.2, 0) is 6.54 Å². The Kier molecular flexibility index (Phi) is 4.68. The van der Waals surface area contributed by atoms with E-state index in [0.29, 0.717) is 5.92 Å². The van der Waals surface area contributed by atoms with E-state index in [4.69, 9.17) is 0 Å². The van der Waals surface area contributed by atoms with Crippen LogP contribution in [0.5, 0.6) is 0 Å². The molecule has 0 spiro atoms. The Balaban J connectivity index is 1.47. The molecule has 0 saturated carbocycles. The Labute approximate surface area is 132 Å². The Hall–Kier alpha value is -1.94. The van der Waals surface area contributed by atoms with Gasteiger partial charge in [0.1, 0.15) is 5.82 Å². The largest absolute Gasteiger partial charge is 0.371 e. The predicted octanol–water partition coefficient (Wildman–Crippen LogP) is 2.71. The summed E-state index contributed by atoms with van der Waals surface area (Å²) in [6.07, 6.45) is 5.07. The third-order valence-corrected chi connectivity index (χ3v) is 4.34. The summed E-state index contributed by atoms with van der Waals surface area (Å²) in [5.74, 6) is 1.54. The van der Waals surface area contributed by atoms with Gasteiger partial charge in [0.05, 0.1) is 0 Å². The van der Waals surface area contributed by atoms with Crippen molar-refractivity contribution in [2.45, 2.75) is 26.8 Å². The van der Waals surface area contributed by atoms with Gasteiger partial charge in [0, 0.05) is 49.8 Å². The Bertz CT molecular complexity index is 609. The van der Waals surface area contributed by atoms with E-state index in [-0.39, 0.29) is 0 Å². The van der Waals surface area contributed by atoms with Gasteiger partial charge in [0.2, 0.25) is 0 Å². The Morgan fingerprint density at radius 1 is 1.18 bits per heavy atom. The topological polar surface area (TPSA) is 41.1 Å². The van der Waals surface area contributed by atoms with Crippen LogP contribution < -0.4 is 10.2 Å². The van der Waals surface area contributed by atoms with Crippen LogP contribution in [0.3, 0.4) is 0 Å². The highest BCUT2D eigenvalue weighted by Gasteiger charge is 2.23. The SMILES string of the molecule is Cc1ncc(CNCC2CCN(c3ccccc3C)C2)cn1. The van der Waals surface area contributed by atoms with Crippen molar-refractivity contribution in [1.29, 1.82) is 0 Å². The predicted molar refractivity (Wildman–Crippen MR) is 90.0 cm³/mol. The second-order valence-corrected chi connectivity index (χ2v) is 6.16. The lowest BCUT2D eigenvalue weighted by Crippen LogP contribution is -2.26. The molecule has 0 radical (unpaired) electrons. The summed E-state index contributed by atoms with van der Waals surface area (Å²) in [5, 5.41) is 3.54. The third kappa shape index (κ3) is 3.63. The second-order valence-electron chi connectivity index (χ2n) is 6.16. The average molecular weight is 296 g/mol. The number of nitrogens with one attached hydrogen (secondary N) is 1. The zero-order valence-corrected chi connectivity index (χ0v) is 13.4. The summed E-state index contributed by atoms with van der Waals surface area (Å²) >= 11 is 0. The van der Waals surface area contributed by atoms with Gasteiger partial charge >= 0.3 is 0 Å². The zero-order valence-electron chi connectivity index (χ0n) is 13.4. The molecule has 1 saturated heterocycles. The van der Waals surface area contributed by atoms with E-state index in [1.54, 1.807) is 0 Å². The molecule has 1 unspecified atom stereocenters. The molecule has 1 aliphatic heterocycles. The van der Waals surface area contributed by atoms with Crippen LogP contribution in [0.2, 0.25) is 0 Å². The molecule has 1 aromatic heterocycles. The van der Waals surface area contributed by atoms with Crippen LogP contribution in [0.25, 0.3) is 0 Å². The molecule has 4 heteroatoms. The van der Waals surface area contributed by atoms with Crippen molar-refractivity contribution in [2.75, 3.05) is 24.5 Å². The normalized spacial score (nSPS) is 17.9. The summed E-state index contributed by atoms with van der Waals surface area (Å²) < 4.78 is 0. The summed E-state index contributed by atoms with van der Waals surface area (Å²) in [7, 11) is 0. The monoisotopic (exact) mass is 296 g/mol. The lowest BCUT2D eigenvalue weighted by atomic mass is 10.1. The van der Waals surface area contributed by atoms with Gasteiger partial charge < -0.3 is 10.2 Å². The van der Waals surface area contributed by atoms with Crippen LogP contribution in [0.15, 0.2) is 36.7 Å². The number of aromatic nitrogens is 2. The summed E-state index contributed by atoms with van der Waals surface area (Å²) in [6, 6.07) is 8.66. The fourth-order valence-electron chi connectivity index (χ4n) is 3.07. The smallest absolute Gasteiger partial charge is 0.125 e. The second kappa shape index (κ2) is 6.88. The maximum absolute atomic E-state index is 4.23. The molecule has 0 amide bonds. The van der Waals surface area contributed by atoms with E-state index in [1.807, 2.05) is 19.3 Å². The van der Waals surface area contributed by atoms with Gasteiger partial charge in [0.25, 0.3) is 0 Å². The van der Waals surface area contributed by atoms with E-state index < -0.39 is 0 Å². The van der Waals surface area contributed by atoms with Crippen LogP contribution in [0.1, 0.15) is 23.4 Å². The zero-order chi connectivity index (χ0) is 15.4. The molecule has 4 nitrogen and oxygen atoms in total. The van der Waals surface area contributed by atoms with E-state index in [2.05, 4.69) is 51.4 Å². The molecule has 22 heavy (non-hydrogen) atoms. The van der Waals surface area contributed by atoms with Gasteiger partial charge in [-0.15, -0.1) is 0 Å². The highest BCUT2D eigenvalue weighted by molar-refractivity contribution is 5.53. The maximum atomic E-state index is 4.23. The van der Waals surface area contributed by atoms with Gasteiger partial charge in [-0.05, 0) is 37.8 Å². The minimum Gasteiger partial charge on any atom is -0.371 e. The average Bonchev–Trinajstić information content (AvgIpc) is 2.98. The molecule has 116 valence electrons. The first-order valence-electron chi connectivity index (χ1n) is 8.01. The highest BCUT2D eigenvalue weighted by atomic mass is 15.2. The van der Waals surface area contributed by atoms with Crippen molar-refractivity contribution in [3.8, 4) is 0 Å². The molecule has 2 heterocycles. The molecule has 1 atom stereocenters. The van der Waals surface area contributed by atoms with E-state index in [1.165, 1.54) is 17.7 Å². The van der Waals surface area contributed by atoms with Gasteiger partial charge in [0.15, 0.2) is 0 Å². The van der Waals surface area contributed by atoms with Gasteiger partial charge in [-0.2, -0.15) is 0 Å². The standard InChI is InChI=1S/C18H24N4/c1-14-5-3-4-6-18(14)22-8-7-16(13-22)9-19-10-17-11-20-15(2)21-12-17/h3-6,11-12,16,19H,7-10,13H2,1-2H3.